The van der Waals surface area contributed by atoms with Gasteiger partial charge in [0, 0.05) is 76.0 Å². The smallest absolute Gasteiger partial charge is 0.193 e. The number of guanidine groups is 1. The first-order chi connectivity index (χ1) is 13.2. The highest BCUT2D eigenvalue weighted by Crippen LogP contribution is 2.36. The normalized spacial score (nSPS) is 26.7. The molecule has 0 bridgehead atoms. The number of nitrogens with one attached hydrogen (secondary N) is 1. The number of thioether (sulfide) groups is 1. The van der Waals surface area contributed by atoms with E-state index in [-0.39, 0.29) is 0 Å². The van der Waals surface area contributed by atoms with E-state index in [0.29, 0.717) is 11.5 Å². The van der Waals surface area contributed by atoms with Crippen molar-refractivity contribution >= 4 is 17.7 Å². The van der Waals surface area contributed by atoms with Crippen LogP contribution in [-0.2, 0) is 7.05 Å². The van der Waals surface area contributed by atoms with Crippen LogP contribution in [0.5, 0.6) is 0 Å². The van der Waals surface area contributed by atoms with Gasteiger partial charge in [-0.2, -0.15) is 16.9 Å². The van der Waals surface area contributed by atoms with Crippen molar-refractivity contribution in [1.29, 1.82) is 0 Å². The van der Waals surface area contributed by atoms with Crippen molar-refractivity contribution < 1.29 is 0 Å². The summed E-state index contributed by atoms with van der Waals surface area (Å²) < 4.78 is 1.91. The van der Waals surface area contributed by atoms with Gasteiger partial charge in [0.1, 0.15) is 0 Å². The third-order valence-corrected chi connectivity index (χ3v) is 7.63. The number of nitrogens with zero attached hydrogens (tertiary/aromatic N) is 5. The molecule has 1 saturated carbocycles. The van der Waals surface area contributed by atoms with Crippen LogP contribution in [0.15, 0.2) is 17.4 Å². The molecular formula is C20H34N6S. The van der Waals surface area contributed by atoms with E-state index in [0.717, 1.165) is 25.6 Å². The fourth-order valence-corrected chi connectivity index (χ4v) is 6.03. The van der Waals surface area contributed by atoms with Crippen molar-refractivity contribution in [3.05, 3.63) is 18.0 Å². The fraction of sp³-hybridized carbons (Fsp3) is 0.800. The van der Waals surface area contributed by atoms with Crippen molar-refractivity contribution in [1.82, 2.24) is 24.9 Å². The van der Waals surface area contributed by atoms with Crippen molar-refractivity contribution in [2.24, 2.45) is 12.0 Å². The molecule has 3 aliphatic rings. The molecule has 1 aromatic heterocycles. The maximum Gasteiger partial charge on any atom is 0.193 e. The molecule has 4 rings (SSSR count). The molecule has 27 heavy (non-hydrogen) atoms. The molecule has 1 N–H and O–H groups in total. The standard InChI is InChI=1S/C20H34N6S/c1-21-19(25-8-5-17(15-25)18-13-23-24(2)14-18)22-16-20(6-3-4-7-20)26-9-11-27-12-10-26/h13-14,17H,3-12,15-16H2,1-2H3,(H,21,22). The van der Waals surface area contributed by atoms with Gasteiger partial charge in [-0.25, -0.2) is 0 Å². The van der Waals surface area contributed by atoms with Gasteiger partial charge < -0.3 is 10.2 Å². The summed E-state index contributed by atoms with van der Waals surface area (Å²) in [5, 5.41) is 8.12. The molecular weight excluding hydrogens is 356 g/mol. The highest BCUT2D eigenvalue weighted by molar-refractivity contribution is 7.99. The Hall–Kier alpha value is -1.21. The van der Waals surface area contributed by atoms with Crippen molar-refractivity contribution in [3.8, 4) is 0 Å². The van der Waals surface area contributed by atoms with Gasteiger partial charge in [0.25, 0.3) is 0 Å². The largest absolute Gasteiger partial charge is 0.354 e. The second-order valence-electron chi connectivity index (χ2n) is 8.31. The molecule has 1 unspecified atom stereocenters. The summed E-state index contributed by atoms with van der Waals surface area (Å²) in [4.78, 5) is 9.84. The number of aryl methyl sites for hydroxylation is 1. The zero-order chi connectivity index (χ0) is 18.7. The first kappa shape index (κ1) is 19.1. The summed E-state index contributed by atoms with van der Waals surface area (Å²) in [6, 6.07) is 0. The summed E-state index contributed by atoms with van der Waals surface area (Å²) in [6.45, 7) is 5.65. The molecule has 6 nitrogen and oxygen atoms in total. The minimum atomic E-state index is 0.347. The van der Waals surface area contributed by atoms with Crippen molar-refractivity contribution in [2.45, 2.75) is 43.6 Å². The highest BCUT2D eigenvalue weighted by Gasteiger charge is 2.40. The van der Waals surface area contributed by atoms with E-state index in [1.165, 1.54) is 62.3 Å². The second-order valence-corrected chi connectivity index (χ2v) is 9.54. The molecule has 2 saturated heterocycles. The molecule has 0 spiro atoms. The van der Waals surface area contributed by atoms with E-state index in [9.17, 15) is 0 Å². The Kier molecular flexibility index (Phi) is 5.97. The van der Waals surface area contributed by atoms with Crippen LogP contribution in [-0.4, -0.2) is 82.4 Å². The summed E-state index contributed by atoms with van der Waals surface area (Å²) in [6.07, 6.45) is 10.8. The molecule has 2 aliphatic heterocycles. The first-order valence-electron chi connectivity index (χ1n) is 10.5. The predicted molar refractivity (Wildman–Crippen MR) is 114 cm³/mol. The van der Waals surface area contributed by atoms with Crippen LogP contribution in [0.4, 0.5) is 0 Å². The molecule has 0 radical (unpaired) electrons. The van der Waals surface area contributed by atoms with E-state index in [1.54, 1.807) is 0 Å². The Morgan fingerprint density at radius 1 is 1.30 bits per heavy atom. The van der Waals surface area contributed by atoms with Crippen molar-refractivity contribution in [3.63, 3.8) is 0 Å². The average molecular weight is 391 g/mol. The number of likely N-dealkylation sites (tertiary alicyclic amines) is 1. The summed E-state index contributed by atoms with van der Waals surface area (Å²) >= 11 is 2.10. The van der Waals surface area contributed by atoms with Gasteiger partial charge in [-0.15, -0.1) is 0 Å². The number of rotatable bonds is 4. The van der Waals surface area contributed by atoms with Gasteiger partial charge in [-0.3, -0.25) is 14.6 Å². The summed E-state index contributed by atoms with van der Waals surface area (Å²) in [7, 11) is 3.93. The third-order valence-electron chi connectivity index (χ3n) is 6.69. The maximum absolute atomic E-state index is 4.63. The molecule has 0 aromatic carbocycles. The lowest BCUT2D eigenvalue weighted by Crippen LogP contribution is -2.57. The second kappa shape index (κ2) is 8.43. The minimum absolute atomic E-state index is 0.347. The van der Waals surface area contributed by atoms with Crippen LogP contribution in [0.1, 0.15) is 43.6 Å². The van der Waals surface area contributed by atoms with Gasteiger partial charge >= 0.3 is 0 Å². The fourth-order valence-electron chi connectivity index (χ4n) is 5.13. The molecule has 3 fully saturated rings. The number of hydrogen-bond donors (Lipinski definition) is 1. The van der Waals surface area contributed by atoms with Crippen LogP contribution >= 0.6 is 11.8 Å². The Morgan fingerprint density at radius 2 is 2.07 bits per heavy atom. The predicted octanol–water partition coefficient (Wildman–Crippen LogP) is 2.15. The minimum Gasteiger partial charge on any atom is -0.354 e. The monoisotopic (exact) mass is 390 g/mol. The summed E-state index contributed by atoms with van der Waals surface area (Å²) in [5.74, 6) is 4.22. The van der Waals surface area contributed by atoms with E-state index >= 15 is 0 Å². The lowest BCUT2D eigenvalue weighted by Gasteiger charge is -2.44. The SMILES string of the molecule is CN=C(NCC1(N2CCSCC2)CCCC1)N1CCC(c2cnn(C)c2)C1. The zero-order valence-electron chi connectivity index (χ0n) is 16.9. The molecule has 7 heteroatoms. The Labute approximate surface area is 167 Å². The lowest BCUT2D eigenvalue weighted by molar-refractivity contribution is 0.106. The number of aliphatic imine (C=N–C) groups is 1. The molecule has 1 atom stereocenters. The quantitative estimate of drug-likeness (QED) is 0.631. The lowest BCUT2D eigenvalue weighted by atomic mass is 9.94. The van der Waals surface area contributed by atoms with Crippen LogP contribution < -0.4 is 5.32 Å². The van der Waals surface area contributed by atoms with Crippen LogP contribution in [0.25, 0.3) is 0 Å². The van der Waals surface area contributed by atoms with Crippen LogP contribution in [0, 0.1) is 0 Å². The van der Waals surface area contributed by atoms with Gasteiger partial charge in [0.15, 0.2) is 5.96 Å². The Morgan fingerprint density at radius 3 is 2.74 bits per heavy atom. The first-order valence-corrected chi connectivity index (χ1v) is 11.6. The third kappa shape index (κ3) is 4.14. The number of hydrogen-bond acceptors (Lipinski definition) is 4. The van der Waals surface area contributed by atoms with Crippen molar-refractivity contribution in [2.75, 3.05) is 51.3 Å². The molecule has 0 amide bonds. The van der Waals surface area contributed by atoms with E-state index in [2.05, 4.69) is 43.2 Å². The van der Waals surface area contributed by atoms with Crippen LogP contribution in [0.2, 0.25) is 0 Å². The average Bonchev–Trinajstić information content (AvgIpc) is 3.44. The van der Waals surface area contributed by atoms with E-state index in [1.807, 2.05) is 25.0 Å². The zero-order valence-corrected chi connectivity index (χ0v) is 17.7. The van der Waals surface area contributed by atoms with Gasteiger partial charge in [-0.1, -0.05) is 12.8 Å². The summed E-state index contributed by atoms with van der Waals surface area (Å²) in [5.41, 5.74) is 1.70. The highest BCUT2D eigenvalue weighted by atomic mass is 32.2. The van der Waals surface area contributed by atoms with Crippen LogP contribution in [0.3, 0.4) is 0 Å². The topological polar surface area (TPSA) is 48.7 Å². The number of aromatic nitrogens is 2. The maximum atomic E-state index is 4.63. The van der Waals surface area contributed by atoms with Gasteiger partial charge in [-0.05, 0) is 24.8 Å². The molecule has 1 aliphatic carbocycles. The molecule has 3 heterocycles. The molecule has 1 aromatic rings. The molecule has 150 valence electrons. The van der Waals surface area contributed by atoms with E-state index in [4.69, 9.17) is 0 Å². The Bertz CT molecular complexity index is 645. The van der Waals surface area contributed by atoms with Gasteiger partial charge in [0.05, 0.1) is 6.20 Å². The Balaban J connectivity index is 1.37. The van der Waals surface area contributed by atoms with Gasteiger partial charge in [0.2, 0.25) is 0 Å². The van der Waals surface area contributed by atoms with E-state index < -0.39 is 0 Å².